The molecular formula is C25H21ClN2O3S. The Bertz CT molecular complexity index is 1440. The molecule has 0 saturated heterocycles. The summed E-state index contributed by atoms with van der Waals surface area (Å²) in [7, 11) is -4.01. The highest BCUT2D eigenvalue weighted by Gasteiger charge is 2.21. The summed E-state index contributed by atoms with van der Waals surface area (Å²) in [4.78, 5) is 12.8. The first kappa shape index (κ1) is 21.9. The van der Waals surface area contributed by atoms with Crippen LogP contribution >= 0.6 is 11.6 Å². The van der Waals surface area contributed by atoms with Crippen LogP contribution in [0.5, 0.6) is 0 Å². The van der Waals surface area contributed by atoms with Crippen LogP contribution in [0.4, 0.5) is 11.4 Å². The Morgan fingerprint density at radius 1 is 0.844 bits per heavy atom. The number of sulfonamides is 1. The third-order valence-corrected chi connectivity index (χ3v) is 7.22. The van der Waals surface area contributed by atoms with Crippen LogP contribution in [-0.2, 0) is 10.0 Å². The van der Waals surface area contributed by atoms with Crippen LogP contribution in [0.25, 0.3) is 10.8 Å². The number of anilines is 2. The summed E-state index contributed by atoms with van der Waals surface area (Å²) in [5.74, 6) is -0.429. The summed E-state index contributed by atoms with van der Waals surface area (Å²) < 4.78 is 28.7. The highest BCUT2D eigenvalue weighted by molar-refractivity contribution is 7.92. The second kappa shape index (κ2) is 8.65. The van der Waals surface area contributed by atoms with Crippen LogP contribution < -0.4 is 10.0 Å². The Labute approximate surface area is 192 Å². The molecule has 0 aliphatic carbocycles. The van der Waals surface area contributed by atoms with E-state index >= 15 is 0 Å². The van der Waals surface area contributed by atoms with Crippen molar-refractivity contribution >= 4 is 49.7 Å². The molecule has 0 aliphatic heterocycles. The summed E-state index contributed by atoms with van der Waals surface area (Å²) in [5.41, 5.74) is 3.06. The molecule has 0 radical (unpaired) electrons. The van der Waals surface area contributed by atoms with E-state index in [4.69, 9.17) is 11.6 Å². The van der Waals surface area contributed by atoms with Crippen molar-refractivity contribution in [3.05, 3.63) is 101 Å². The topological polar surface area (TPSA) is 75.3 Å². The normalized spacial score (nSPS) is 11.3. The third kappa shape index (κ3) is 4.33. The smallest absolute Gasteiger partial charge is 0.263 e. The Morgan fingerprint density at radius 3 is 2.34 bits per heavy atom. The molecule has 2 N–H and O–H groups in total. The van der Waals surface area contributed by atoms with Gasteiger partial charge in [-0.05, 0) is 60.7 Å². The van der Waals surface area contributed by atoms with Crippen LogP contribution in [0, 0.1) is 13.8 Å². The van der Waals surface area contributed by atoms with E-state index in [0.29, 0.717) is 11.4 Å². The molecule has 0 aromatic heterocycles. The van der Waals surface area contributed by atoms with Gasteiger partial charge in [0.15, 0.2) is 0 Å². The molecule has 0 bridgehead atoms. The van der Waals surface area contributed by atoms with Gasteiger partial charge < -0.3 is 5.32 Å². The van der Waals surface area contributed by atoms with E-state index < -0.39 is 15.9 Å². The molecule has 0 aliphatic rings. The fraction of sp³-hybridized carbons (Fsp3) is 0.0800. The van der Waals surface area contributed by atoms with Gasteiger partial charge in [0, 0.05) is 16.6 Å². The second-order valence-corrected chi connectivity index (χ2v) is 9.54. The summed E-state index contributed by atoms with van der Waals surface area (Å²) in [6.45, 7) is 3.74. The molecule has 0 spiro atoms. The van der Waals surface area contributed by atoms with Gasteiger partial charge in [0.1, 0.15) is 4.90 Å². The Morgan fingerprint density at radius 2 is 1.53 bits per heavy atom. The molecule has 4 aromatic carbocycles. The zero-order chi connectivity index (χ0) is 22.9. The summed E-state index contributed by atoms with van der Waals surface area (Å²) in [6, 6.07) is 22.9. The van der Waals surface area contributed by atoms with E-state index in [0.717, 1.165) is 21.9 Å². The van der Waals surface area contributed by atoms with Crippen molar-refractivity contribution in [2.24, 2.45) is 0 Å². The molecule has 0 fully saturated rings. The average Bonchev–Trinajstić information content (AvgIpc) is 2.77. The van der Waals surface area contributed by atoms with E-state index in [-0.39, 0.29) is 15.5 Å². The van der Waals surface area contributed by atoms with Gasteiger partial charge in [-0.3, -0.25) is 9.52 Å². The van der Waals surface area contributed by atoms with Crippen LogP contribution in [0.1, 0.15) is 21.5 Å². The molecule has 0 saturated carbocycles. The van der Waals surface area contributed by atoms with Crippen molar-refractivity contribution in [3.8, 4) is 0 Å². The van der Waals surface area contributed by atoms with Crippen molar-refractivity contribution in [2.75, 3.05) is 10.0 Å². The van der Waals surface area contributed by atoms with Crippen LogP contribution in [-0.4, -0.2) is 14.3 Å². The quantitative estimate of drug-likeness (QED) is 0.371. The Hall–Kier alpha value is -3.35. The van der Waals surface area contributed by atoms with Gasteiger partial charge in [-0.15, -0.1) is 0 Å². The van der Waals surface area contributed by atoms with Crippen molar-refractivity contribution in [2.45, 2.75) is 18.7 Å². The van der Waals surface area contributed by atoms with E-state index in [1.54, 1.807) is 18.2 Å². The molecule has 4 aromatic rings. The van der Waals surface area contributed by atoms with Crippen molar-refractivity contribution in [1.82, 2.24) is 0 Å². The highest BCUT2D eigenvalue weighted by atomic mass is 35.5. The summed E-state index contributed by atoms with van der Waals surface area (Å²) in [6.07, 6.45) is 0. The Balaban J connectivity index is 1.66. The number of hydrogen-bond acceptors (Lipinski definition) is 3. The Kier molecular flexibility index (Phi) is 5.91. The van der Waals surface area contributed by atoms with Gasteiger partial charge in [0.2, 0.25) is 0 Å². The van der Waals surface area contributed by atoms with Gasteiger partial charge in [0.25, 0.3) is 15.9 Å². The molecular weight excluding hydrogens is 444 g/mol. The maximum absolute atomic E-state index is 13.1. The number of carbonyl (C=O) groups excluding carboxylic acids is 1. The average molecular weight is 465 g/mol. The van der Waals surface area contributed by atoms with Crippen LogP contribution in [0.3, 0.4) is 0 Å². The predicted molar refractivity (Wildman–Crippen MR) is 130 cm³/mol. The maximum Gasteiger partial charge on any atom is 0.263 e. The number of fused-ring (bicyclic) bond motifs is 1. The predicted octanol–water partition coefficient (Wildman–Crippen LogP) is 6.16. The standard InChI is InChI=1S/C25H21ClN2O3S/c1-16-7-5-11-22(17(16)2)28-32(30,31)24-15-19(13-14-21(24)26)25(29)27-23-12-6-9-18-8-3-4-10-20(18)23/h3-15,28H,1-2H3,(H,27,29). The second-order valence-electron chi connectivity index (χ2n) is 7.48. The van der Waals surface area contributed by atoms with Gasteiger partial charge >= 0.3 is 0 Å². The molecule has 7 heteroatoms. The molecule has 5 nitrogen and oxygen atoms in total. The molecule has 32 heavy (non-hydrogen) atoms. The lowest BCUT2D eigenvalue weighted by atomic mass is 10.1. The zero-order valence-electron chi connectivity index (χ0n) is 17.5. The first-order chi connectivity index (χ1) is 15.3. The van der Waals surface area contributed by atoms with Gasteiger partial charge in [-0.25, -0.2) is 8.42 Å². The molecule has 0 atom stereocenters. The number of hydrogen-bond donors (Lipinski definition) is 2. The molecule has 1 amide bonds. The van der Waals surface area contributed by atoms with Crippen molar-refractivity contribution < 1.29 is 13.2 Å². The van der Waals surface area contributed by atoms with E-state index in [1.807, 2.05) is 56.3 Å². The minimum atomic E-state index is -4.01. The van der Waals surface area contributed by atoms with E-state index in [1.165, 1.54) is 18.2 Å². The van der Waals surface area contributed by atoms with Gasteiger partial charge in [-0.2, -0.15) is 0 Å². The minimum Gasteiger partial charge on any atom is -0.321 e. The van der Waals surface area contributed by atoms with Crippen LogP contribution in [0.15, 0.2) is 83.8 Å². The monoisotopic (exact) mass is 464 g/mol. The largest absolute Gasteiger partial charge is 0.321 e. The number of halogens is 1. The lowest BCUT2D eigenvalue weighted by Gasteiger charge is -2.14. The maximum atomic E-state index is 13.1. The highest BCUT2D eigenvalue weighted by Crippen LogP contribution is 2.28. The molecule has 0 unspecified atom stereocenters. The van der Waals surface area contributed by atoms with E-state index in [9.17, 15) is 13.2 Å². The molecule has 4 rings (SSSR count). The first-order valence-electron chi connectivity index (χ1n) is 9.94. The van der Waals surface area contributed by atoms with Crippen molar-refractivity contribution in [1.29, 1.82) is 0 Å². The van der Waals surface area contributed by atoms with Gasteiger partial charge in [0.05, 0.1) is 10.7 Å². The SMILES string of the molecule is Cc1cccc(NS(=O)(=O)c2cc(C(=O)Nc3cccc4ccccc34)ccc2Cl)c1C. The minimum absolute atomic E-state index is 0.0320. The van der Waals surface area contributed by atoms with E-state index in [2.05, 4.69) is 10.0 Å². The third-order valence-electron chi connectivity index (χ3n) is 5.37. The lowest BCUT2D eigenvalue weighted by molar-refractivity contribution is 0.102. The van der Waals surface area contributed by atoms with Crippen molar-refractivity contribution in [3.63, 3.8) is 0 Å². The van der Waals surface area contributed by atoms with Crippen LogP contribution in [0.2, 0.25) is 5.02 Å². The zero-order valence-corrected chi connectivity index (χ0v) is 19.1. The lowest BCUT2D eigenvalue weighted by Crippen LogP contribution is -2.17. The fourth-order valence-electron chi connectivity index (χ4n) is 3.44. The number of amides is 1. The first-order valence-corrected chi connectivity index (χ1v) is 11.8. The summed E-state index contributed by atoms with van der Waals surface area (Å²) in [5, 5.41) is 4.78. The number of carbonyl (C=O) groups is 1. The van der Waals surface area contributed by atoms with Gasteiger partial charge in [-0.1, -0.05) is 60.1 Å². The number of aryl methyl sites for hydroxylation is 1. The number of rotatable bonds is 5. The molecule has 0 heterocycles. The molecule has 162 valence electrons. The summed E-state index contributed by atoms with van der Waals surface area (Å²) >= 11 is 6.21. The number of benzene rings is 4. The number of nitrogens with one attached hydrogen (secondary N) is 2. The fourth-order valence-corrected chi connectivity index (χ4v) is 5.09.